The number of carbonyl (C=O) groups excluding carboxylic acids is 1. The average molecular weight is 327 g/mol. The van der Waals surface area contributed by atoms with Crippen molar-refractivity contribution < 1.29 is 4.79 Å². The molecule has 0 spiro atoms. The summed E-state index contributed by atoms with van der Waals surface area (Å²) < 4.78 is 1.06. The van der Waals surface area contributed by atoms with Crippen molar-refractivity contribution in [2.45, 2.75) is 39.3 Å². The van der Waals surface area contributed by atoms with Crippen molar-refractivity contribution >= 4 is 21.8 Å². The molecular weight excluding hydrogens is 304 g/mol. The number of benzene rings is 1. The second-order valence-electron chi connectivity index (χ2n) is 5.09. The summed E-state index contributed by atoms with van der Waals surface area (Å²) in [6, 6.07) is 8.55. The van der Waals surface area contributed by atoms with Crippen LogP contribution in [0.5, 0.6) is 0 Å². The second kappa shape index (κ2) is 8.33. The van der Waals surface area contributed by atoms with Gasteiger partial charge in [-0.15, -0.1) is 0 Å². The minimum absolute atomic E-state index is 0.202. The number of amides is 1. The first-order valence-electron chi connectivity index (χ1n) is 6.71. The first-order valence-corrected chi connectivity index (χ1v) is 7.50. The summed E-state index contributed by atoms with van der Waals surface area (Å²) in [5.41, 5.74) is 1.15. The Bertz CT molecular complexity index is 390. The number of hydrogen-bond donors (Lipinski definition) is 1. The summed E-state index contributed by atoms with van der Waals surface area (Å²) in [5, 5.41) is 3.32. The van der Waals surface area contributed by atoms with Gasteiger partial charge in [-0.1, -0.05) is 41.9 Å². The molecule has 0 bridgehead atoms. The van der Waals surface area contributed by atoms with Crippen molar-refractivity contribution in [1.29, 1.82) is 0 Å². The Morgan fingerprint density at radius 3 is 2.53 bits per heavy atom. The van der Waals surface area contributed by atoms with Gasteiger partial charge in [-0.05, 0) is 30.7 Å². The first-order chi connectivity index (χ1) is 8.99. The monoisotopic (exact) mass is 326 g/mol. The molecule has 0 radical (unpaired) electrons. The summed E-state index contributed by atoms with van der Waals surface area (Å²) in [6.07, 6.45) is 1.49. The van der Waals surface area contributed by atoms with E-state index in [0.29, 0.717) is 19.0 Å². The fourth-order valence-electron chi connectivity index (χ4n) is 1.77. The number of nitrogens with zero attached hydrogens (tertiary/aromatic N) is 1. The van der Waals surface area contributed by atoms with Gasteiger partial charge in [0, 0.05) is 30.5 Å². The van der Waals surface area contributed by atoms with Crippen LogP contribution in [-0.4, -0.2) is 30.4 Å². The molecule has 0 atom stereocenters. The lowest BCUT2D eigenvalue weighted by Gasteiger charge is -2.17. The molecule has 0 unspecified atom stereocenters. The maximum absolute atomic E-state index is 11.9. The third-order valence-electron chi connectivity index (χ3n) is 2.88. The fraction of sp³-hybridized carbons (Fsp3) is 0.533. The average Bonchev–Trinajstić information content (AvgIpc) is 2.36. The highest BCUT2D eigenvalue weighted by atomic mass is 79.9. The van der Waals surface area contributed by atoms with Crippen molar-refractivity contribution in [1.82, 2.24) is 10.2 Å². The predicted molar refractivity (Wildman–Crippen MR) is 83.0 cm³/mol. The Morgan fingerprint density at radius 2 is 1.95 bits per heavy atom. The Balaban J connectivity index is 2.30. The van der Waals surface area contributed by atoms with E-state index < -0.39 is 0 Å². The molecule has 0 aliphatic rings. The fourth-order valence-corrected chi connectivity index (χ4v) is 2.04. The molecule has 1 aromatic carbocycles. The molecule has 3 nitrogen and oxygen atoms in total. The topological polar surface area (TPSA) is 32.3 Å². The molecule has 1 aromatic rings. The van der Waals surface area contributed by atoms with Gasteiger partial charge in [0.05, 0.1) is 0 Å². The SMILES string of the molecule is CC(C)NCCCC(=O)N(C)Cc1ccc(Br)cc1. The van der Waals surface area contributed by atoms with Crippen LogP contribution in [0, 0.1) is 0 Å². The summed E-state index contributed by atoms with van der Waals surface area (Å²) in [7, 11) is 1.86. The van der Waals surface area contributed by atoms with Gasteiger partial charge in [0.15, 0.2) is 0 Å². The molecule has 0 saturated heterocycles. The smallest absolute Gasteiger partial charge is 0.222 e. The molecule has 4 heteroatoms. The molecule has 0 heterocycles. The molecule has 0 aromatic heterocycles. The van der Waals surface area contributed by atoms with Gasteiger partial charge in [-0.3, -0.25) is 4.79 Å². The van der Waals surface area contributed by atoms with E-state index in [2.05, 4.69) is 35.1 Å². The molecule has 19 heavy (non-hydrogen) atoms. The summed E-state index contributed by atoms with van der Waals surface area (Å²) in [5.74, 6) is 0.202. The first kappa shape index (κ1) is 16.2. The van der Waals surface area contributed by atoms with E-state index in [9.17, 15) is 4.79 Å². The van der Waals surface area contributed by atoms with Gasteiger partial charge in [0.1, 0.15) is 0 Å². The van der Waals surface area contributed by atoms with Gasteiger partial charge in [0.2, 0.25) is 5.91 Å². The molecule has 1 amide bonds. The van der Waals surface area contributed by atoms with Crippen LogP contribution >= 0.6 is 15.9 Å². The van der Waals surface area contributed by atoms with Crippen LogP contribution in [0.3, 0.4) is 0 Å². The van der Waals surface area contributed by atoms with E-state index in [1.807, 2.05) is 31.3 Å². The van der Waals surface area contributed by atoms with Crippen molar-refractivity contribution in [3.63, 3.8) is 0 Å². The molecule has 0 aliphatic carbocycles. The van der Waals surface area contributed by atoms with Crippen molar-refractivity contribution in [2.24, 2.45) is 0 Å². The molecule has 1 rings (SSSR count). The number of hydrogen-bond acceptors (Lipinski definition) is 2. The third-order valence-corrected chi connectivity index (χ3v) is 3.41. The number of nitrogens with one attached hydrogen (secondary N) is 1. The van der Waals surface area contributed by atoms with Gasteiger partial charge in [-0.25, -0.2) is 0 Å². The van der Waals surface area contributed by atoms with E-state index in [-0.39, 0.29) is 5.91 Å². The third kappa shape index (κ3) is 6.73. The molecule has 0 saturated carbocycles. The molecule has 0 fully saturated rings. The minimum atomic E-state index is 0.202. The van der Waals surface area contributed by atoms with E-state index in [1.165, 1.54) is 0 Å². The maximum Gasteiger partial charge on any atom is 0.222 e. The lowest BCUT2D eigenvalue weighted by Crippen LogP contribution is -2.28. The highest BCUT2D eigenvalue weighted by molar-refractivity contribution is 9.10. The van der Waals surface area contributed by atoms with Gasteiger partial charge in [-0.2, -0.15) is 0 Å². The van der Waals surface area contributed by atoms with Gasteiger partial charge in [0.25, 0.3) is 0 Å². The quantitative estimate of drug-likeness (QED) is 0.780. The zero-order chi connectivity index (χ0) is 14.3. The zero-order valence-electron chi connectivity index (χ0n) is 11.9. The second-order valence-corrected chi connectivity index (χ2v) is 6.00. The van der Waals surface area contributed by atoms with E-state index >= 15 is 0 Å². The Morgan fingerprint density at radius 1 is 1.32 bits per heavy atom. The van der Waals surface area contributed by atoms with E-state index in [0.717, 1.165) is 23.0 Å². The maximum atomic E-state index is 11.9. The Labute approximate surface area is 124 Å². The van der Waals surface area contributed by atoms with Crippen LogP contribution < -0.4 is 5.32 Å². The standard InChI is InChI=1S/C15H23BrN2O/c1-12(2)17-10-4-5-15(19)18(3)11-13-6-8-14(16)9-7-13/h6-9,12,17H,4-5,10-11H2,1-3H3. The normalized spacial score (nSPS) is 10.8. The summed E-state index contributed by atoms with van der Waals surface area (Å²) >= 11 is 3.41. The van der Waals surface area contributed by atoms with Crippen LogP contribution in [0.25, 0.3) is 0 Å². The van der Waals surface area contributed by atoms with Crippen LogP contribution in [0.1, 0.15) is 32.3 Å². The van der Waals surface area contributed by atoms with Crippen LogP contribution in [-0.2, 0) is 11.3 Å². The lowest BCUT2D eigenvalue weighted by molar-refractivity contribution is -0.130. The molecule has 0 aliphatic heterocycles. The Kier molecular flexibility index (Phi) is 7.10. The van der Waals surface area contributed by atoms with Crippen molar-refractivity contribution in [3.05, 3.63) is 34.3 Å². The van der Waals surface area contributed by atoms with E-state index in [1.54, 1.807) is 4.90 Å². The van der Waals surface area contributed by atoms with Crippen LogP contribution in [0.15, 0.2) is 28.7 Å². The van der Waals surface area contributed by atoms with Crippen LogP contribution in [0.2, 0.25) is 0 Å². The zero-order valence-corrected chi connectivity index (χ0v) is 13.5. The van der Waals surface area contributed by atoms with Gasteiger partial charge >= 0.3 is 0 Å². The summed E-state index contributed by atoms with van der Waals surface area (Å²) in [6.45, 7) is 5.79. The molecule has 1 N–H and O–H groups in total. The van der Waals surface area contributed by atoms with Gasteiger partial charge < -0.3 is 10.2 Å². The van der Waals surface area contributed by atoms with Crippen molar-refractivity contribution in [3.8, 4) is 0 Å². The number of halogens is 1. The molecule has 106 valence electrons. The van der Waals surface area contributed by atoms with E-state index in [4.69, 9.17) is 0 Å². The lowest BCUT2D eigenvalue weighted by atomic mass is 10.2. The minimum Gasteiger partial charge on any atom is -0.341 e. The summed E-state index contributed by atoms with van der Waals surface area (Å²) in [4.78, 5) is 13.7. The number of carbonyl (C=O) groups is 1. The largest absolute Gasteiger partial charge is 0.341 e. The highest BCUT2D eigenvalue weighted by Crippen LogP contribution is 2.12. The van der Waals surface area contributed by atoms with Crippen LogP contribution in [0.4, 0.5) is 0 Å². The van der Waals surface area contributed by atoms with Crippen molar-refractivity contribution in [2.75, 3.05) is 13.6 Å². The number of rotatable bonds is 7. The molecular formula is C15H23BrN2O. The highest BCUT2D eigenvalue weighted by Gasteiger charge is 2.08. The Hall–Kier alpha value is -0.870. The predicted octanol–water partition coefficient (Wildman–Crippen LogP) is 3.19.